The van der Waals surface area contributed by atoms with Crippen LogP contribution in [0.4, 0.5) is 5.69 Å². The maximum atomic E-state index is 12.6. The van der Waals surface area contributed by atoms with E-state index in [2.05, 4.69) is 10.6 Å². The van der Waals surface area contributed by atoms with Gasteiger partial charge in [-0.25, -0.2) is 0 Å². The number of aryl methyl sites for hydroxylation is 1. The largest absolute Gasteiger partial charge is 0.497 e. The number of ether oxygens (including phenoxy) is 2. The zero-order valence-corrected chi connectivity index (χ0v) is 18.6. The fraction of sp³-hybridized carbons (Fsp3) is 0.308. The topological polar surface area (TPSA) is 89.8 Å². The molecule has 1 aliphatic rings. The molecule has 1 atom stereocenters. The van der Waals surface area contributed by atoms with Gasteiger partial charge in [-0.15, -0.1) is 0 Å². The number of anilines is 1. The molecular weight excluding hydrogens is 420 g/mol. The number of furan rings is 1. The second-order valence-electron chi connectivity index (χ2n) is 7.93. The number of para-hydroxylation sites is 1. The molecular formula is C26H28N2O5. The Morgan fingerprint density at radius 3 is 2.64 bits per heavy atom. The first kappa shape index (κ1) is 22.6. The molecule has 0 spiro atoms. The van der Waals surface area contributed by atoms with Gasteiger partial charge in [0.05, 0.1) is 24.5 Å². The van der Waals surface area contributed by atoms with Crippen LogP contribution in [0.5, 0.6) is 5.75 Å². The first-order valence-corrected chi connectivity index (χ1v) is 11.1. The fourth-order valence-electron chi connectivity index (χ4n) is 3.77. The van der Waals surface area contributed by atoms with Gasteiger partial charge < -0.3 is 24.5 Å². The Kier molecular flexibility index (Phi) is 7.42. The van der Waals surface area contributed by atoms with Gasteiger partial charge >= 0.3 is 0 Å². The number of benzene rings is 2. The van der Waals surface area contributed by atoms with Crippen molar-refractivity contribution < 1.29 is 23.5 Å². The molecule has 0 saturated carbocycles. The summed E-state index contributed by atoms with van der Waals surface area (Å²) in [5.74, 6) is 1.83. The monoisotopic (exact) mass is 448 g/mol. The van der Waals surface area contributed by atoms with E-state index >= 15 is 0 Å². The van der Waals surface area contributed by atoms with E-state index in [1.165, 1.54) is 0 Å². The van der Waals surface area contributed by atoms with Crippen LogP contribution in [0.1, 0.15) is 35.4 Å². The highest BCUT2D eigenvalue weighted by atomic mass is 16.5. The summed E-state index contributed by atoms with van der Waals surface area (Å²) in [5, 5.41) is 5.75. The average Bonchev–Trinajstić information content (AvgIpc) is 3.54. The lowest BCUT2D eigenvalue weighted by Gasteiger charge is -2.13. The van der Waals surface area contributed by atoms with E-state index < -0.39 is 0 Å². The lowest BCUT2D eigenvalue weighted by atomic mass is 10.1. The van der Waals surface area contributed by atoms with Crippen molar-refractivity contribution in [3.63, 3.8) is 0 Å². The Balaban J connectivity index is 1.31. The minimum absolute atomic E-state index is 0.0619. The molecule has 4 rings (SSSR count). The number of amides is 2. The summed E-state index contributed by atoms with van der Waals surface area (Å²) < 4.78 is 16.6. The van der Waals surface area contributed by atoms with Gasteiger partial charge in [0.2, 0.25) is 5.91 Å². The van der Waals surface area contributed by atoms with Gasteiger partial charge in [-0.05, 0) is 61.4 Å². The molecule has 2 amide bonds. The molecule has 2 N–H and O–H groups in total. The maximum absolute atomic E-state index is 12.6. The third-order valence-corrected chi connectivity index (χ3v) is 5.59. The quantitative estimate of drug-likeness (QED) is 0.505. The van der Waals surface area contributed by atoms with Crippen LogP contribution in [0.3, 0.4) is 0 Å². The van der Waals surface area contributed by atoms with Crippen LogP contribution < -0.4 is 15.4 Å². The number of rotatable bonds is 9. The van der Waals surface area contributed by atoms with Crippen molar-refractivity contribution in [1.82, 2.24) is 5.32 Å². The van der Waals surface area contributed by atoms with Crippen LogP contribution in [-0.2, 0) is 16.0 Å². The van der Waals surface area contributed by atoms with Gasteiger partial charge in [0.25, 0.3) is 5.91 Å². The predicted octanol–water partition coefficient (Wildman–Crippen LogP) is 4.44. The van der Waals surface area contributed by atoms with Crippen LogP contribution >= 0.6 is 0 Å². The van der Waals surface area contributed by atoms with E-state index in [0.717, 1.165) is 42.3 Å². The van der Waals surface area contributed by atoms with E-state index in [1.54, 1.807) is 31.4 Å². The molecule has 0 aliphatic carbocycles. The smallest absolute Gasteiger partial charge is 0.253 e. The molecule has 2 aromatic carbocycles. The SMILES string of the molecule is COc1ccc(-c2ccc(CCC(=O)Nc3ccccc3C(=O)NCC3CCCO3)o2)cc1. The number of methoxy groups -OCH3 is 1. The van der Waals surface area contributed by atoms with Crippen LogP contribution in [0.2, 0.25) is 0 Å². The van der Waals surface area contributed by atoms with Gasteiger partial charge in [0.1, 0.15) is 17.3 Å². The minimum atomic E-state index is -0.225. The summed E-state index contributed by atoms with van der Waals surface area (Å²) in [4.78, 5) is 25.2. The average molecular weight is 449 g/mol. The molecule has 0 bridgehead atoms. The number of hydrogen-bond acceptors (Lipinski definition) is 5. The van der Waals surface area contributed by atoms with E-state index in [0.29, 0.717) is 24.2 Å². The second-order valence-corrected chi connectivity index (χ2v) is 7.93. The minimum Gasteiger partial charge on any atom is -0.497 e. The van der Waals surface area contributed by atoms with Crippen molar-refractivity contribution in [3.05, 3.63) is 72.0 Å². The number of carbonyl (C=O) groups excluding carboxylic acids is 2. The summed E-state index contributed by atoms with van der Waals surface area (Å²) in [7, 11) is 1.63. The van der Waals surface area contributed by atoms with Crippen molar-refractivity contribution >= 4 is 17.5 Å². The summed E-state index contributed by atoms with van der Waals surface area (Å²) in [6.07, 6.45) is 2.72. The van der Waals surface area contributed by atoms with Gasteiger partial charge in [0, 0.05) is 31.6 Å². The Morgan fingerprint density at radius 1 is 1.06 bits per heavy atom. The Bertz CT molecular complexity index is 1080. The van der Waals surface area contributed by atoms with Gasteiger partial charge in [-0.3, -0.25) is 9.59 Å². The third-order valence-electron chi connectivity index (χ3n) is 5.59. The van der Waals surface area contributed by atoms with Crippen molar-refractivity contribution in [2.45, 2.75) is 31.8 Å². The molecule has 1 aromatic heterocycles. The van der Waals surface area contributed by atoms with Crippen molar-refractivity contribution in [3.8, 4) is 17.1 Å². The maximum Gasteiger partial charge on any atom is 0.253 e. The number of carbonyl (C=O) groups is 2. The fourth-order valence-corrected chi connectivity index (χ4v) is 3.77. The van der Waals surface area contributed by atoms with E-state index in [1.807, 2.05) is 36.4 Å². The molecule has 7 heteroatoms. The van der Waals surface area contributed by atoms with Gasteiger partial charge in [0.15, 0.2) is 0 Å². The molecule has 3 aromatic rings. The summed E-state index contributed by atoms with van der Waals surface area (Å²) in [6, 6.07) is 18.4. The summed E-state index contributed by atoms with van der Waals surface area (Å²) in [6.45, 7) is 1.21. The normalized spacial score (nSPS) is 15.2. The molecule has 1 aliphatic heterocycles. The molecule has 2 heterocycles. The van der Waals surface area contributed by atoms with Gasteiger partial charge in [-0.2, -0.15) is 0 Å². The van der Waals surface area contributed by atoms with Crippen molar-refractivity contribution in [2.75, 3.05) is 25.6 Å². The molecule has 1 saturated heterocycles. The van der Waals surface area contributed by atoms with Crippen LogP contribution in [0, 0.1) is 0 Å². The Labute approximate surface area is 193 Å². The highest BCUT2D eigenvalue weighted by molar-refractivity contribution is 6.03. The number of hydrogen-bond donors (Lipinski definition) is 2. The Morgan fingerprint density at radius 2 is 1.88 bits per heavy atom. The van der Waals surface area contributed by atoms with E-state index in [4.69, 9.17) is 13.9 Å². The van der Waals surface area contributed by atoms with Crippen molar-refractivity contribution in [1.29, 1.82) is 0 Å². The van der Waals surface area contributed by atoms with Crippen LogP contribution in [0.15, 0.2) is 65.1 Å². The highest BCUT2D eigenvalue weighted by Crippen LogP contribution is 2.25. The molecule has 1 unspecified atom stereocenters. The standard InChI is InChI=1S/C26H28N2O5/c1-31-19-10-8-18(9-11-19)24-14-12-20(33-24)13-15-25(29)28-23-7-3-2-6-22(23)26(30)27-17-21-5-4-16-32-21/h2-3,6-12,14,21H,4-5,13,15-17H2,1H3,(H,27,30)(H,28,29). The molecule has 7 nitrogen and oxygen atoms in total. The number of nitrogens with one attached hydrogen (secondary N) is 2. The first-order chi connectivity index (χ1) is 16.1. The second kappa shape index (κ2) is 10.8. The van der Waals surface area contributed by atoms with E-state index in [-0.39, 0.29) is 24.3 Å². The van der Waals surface area contributed by atoms with Crippen LogP contribution in [0.25, 0.3) is 11.3 Å². The summed E-state index contributed by atoms with van der Waals surface area (Å²) in [5.41, 5.74) is 1.86. The molecule has 1 fully saturated rings. The van der Waals surface area contributed by atoms with Crippen LogP contribution in [-0.4, -0.2) is 38.2 Å². The zero-order valence-electron chi connectivity index (χ0n) is 18.6. The predicted molar refractivity (Wildman–Crippen MR) is 125 cm³/mol. The van der Waals surface area contributed by atoms with E-state index in [9.17, 15) is 9.59 Å². The van der Waals surface area contributed by atoms with Crippen molar-refractivity contribution in [2.24, 2.45) is 0 Å². The summed E-state index contributed by atoms with van der Waals surface area (Å²) >= 11 is 0. The lowest BCUT2D eigenvalue weighted by molar-refractivity contribution is -0.116. The molecule has 172 valence electrons. The first-order valence-electron chi connectivity index (χ1n) is 11.1. The lowest BCUT2D eigenvalue weighted by Crippen LogP contribution is -2.32. The molecule has 33 heavy (non-hydrogen) atoms. The highest BCUT2D eigenvalue weighted by Gasteiger charge is 2.18. The Hall–Kier alpha value is -3.58. The zero-order chi connectivity index (χ0) is 23.0. The third kappa shape index (κ3) is 6.02. The molecule has 0 radical (unpaired) electrons. The van der Waals surface area contributed by atoms with Gasteiger partial charge in [-0.1, -0.05) is 12.1 Å².